The van der Waals surface area contributed by atoms with Gasteiger partial charge in [-0.2, -0.15) is 0 Å². The van der Waals surface area contributed by atoms with Gasteiger partial charge in [0.1, 0.15) is 0 Å². The van der Waals surface area contributed by atoms with Crippen LogP contribution in [0, 0.1) is 0 Å². The summed E-state index contributed by atoms with van der Waals surface area (Å²) >= 11 is 0. The summed E-state index contributed by atoms with van der Waals surface area (Å²) in [5.74, 6) is 1.12. The van der Waals surface area contributed by atoms with E-state index in [0.717, 1.165) is 18.8 Å². The number of amidine groups is 1. The number of amides is 1. The molecule has 0 spiro atoms. The molecule has 17 heavy (non-hydrogen) atoms. The molecule has 0 aliphatic carbocycles. The van der Waals surface area contributed by atoms with Crippen molar-refractivity contribution in [2.75, 3.05) is 33.4 Å². The third-order valence-electron chi connectivity index (χ3n) is 2.68. The lowest BCUT2D eigenvalue weighted by atomic mass is 10.2. The lowest BCUT2D eigenvalue weighted by Gasteiger charge is -2.08. The topological polar surface area (TPSA) is 62.7 Å². The number of hydrogen-bond donors (Lipinski definition) is 2. The van der Waals surface area contributed by atoms with Crippen LogP contribution in [-0.2, 0) is 9.53 Å². The zero-order chi connectivity index (χ0) is 12.3. The predicted molar refractivity (Wildman–Crippen MR) is 68.3 cm³/mol. The molecule has 1 heterocycles. The summed E-state index contributed by atoms with van der Waals surface area (Å²) in [5.41, 5.74) is 0. The molecule has 0 radical (unpaired) electrons. The van der Waals surface area contributed by atoms with Crippen molar-refractivity contribution >= 4 is 11.7 Å². The van der Waals surface area contributed by atoms with Gasteiger partial charge < -0.3 is 15.4 Å². The largest absolute Gasteiger partial charge is 0.383 e. The molecule has 98 valence electrons. The van der Waals surface area contributed by atoms with Crippen LogP contribution in [0.15, 0.2) is 4.99 Å². The third-order valence-corrected chi connectivity index (χ3v) is 2.68. The van der Waals surface area contributed by atoms with Gasteiger partial charge in [0, 0.05) is 39.6 Å². The number of methoxy groups -OCH3 is 1. The molecule has 0 saturated heterocycles. The number of rotatable bonds is 6. The van der Waals surface area contributed by atoms with Gasteiger partial charge >= 0.3 is 0 Å². The van der Waals surface area contributed by atoms with E-state index in [2.05, 4.69) is 15.6 Å². The van der Waals surface area contributed by atoms with Gasteiger partial charge in [0.15, 0.2) is 0 Å². The van der Waals surface area contributed by atoms with Crippen molar-refractivity contribution in [3.63, 3.8) is 0 Å². The Morgan fingerprint density at radius 2 is 2.24 bits per heavy atom. The summed E-state index contributed by atoms with van der Waals surface area (Å²) in [7, 11) is 1.62. The Bertz CT molecular complexity index is 254. The van der Waals surface area contributed by atoms with Crippen molar-refractivity contribution in [1.29, 1.82) is 0 Å². The summed E-state index contributed by atoms with van der Waals surface area (Å²) in [6, 6.07) is 0. The maximum absolute atomic E-state index is 11.4. The lowest BCUT2D eigenvalue weighted by molar-refractivity contribution is -0.121. The number of aliphatic imine (C=N–C) groups is 1. The van der Waals surface area contributed by atoms with Gasteiger partial charge in [0.25, 0.3) is 0 Å². The van der Waals surface area contributed by atoms with Crippen molar-refractivity contribution in [3.8, 4) is 0 Å². The van der Waals surface area contributed by atoms with Crippen LogP contribution in [0.1, 0.15) is 32.1 Å². The second-order valence-corrected chi connectivity index (χ2v) is 4.16. The molecular formula is C12H23N3O2. The molecule has 0 atom stereocenters. The molecule has 5 nitrogen and oxygen atoms in total. The van der Waals surface area contributed by atoms with Crippen LogP contribution in [-0.4, -0.2) is 45.1 Å². The molecule has 0 aromatic carbocycles. The zero-order valence-corrected chi connectivity index (χ0v) is 10.6. The van der Waals surface area contributed by atoms with Gasteiger partial charge in [-0.25, -0.2) is 0 Å². The number of ether oxygens (including phenoxy) is 1. The van der Waals surface area contributed by atoms with E-state index < -0.39 is 0 Å². The Hall–Kier alpha value is -1.10. The van der Waals surface area contributed by atoms with Crippen LogP contribution in [0.25, 0.3) is 0 Å². The average Bonchev–Trinajstić information content (AvgIpc) is 2.58. The smallest absolute Gasteiger partial charge is 0.221 e. The summed E-state index contributed by atoms with van der Waals surface area (Å²) in [4.78, 5) is 15.8. The minimum Gasteiger partial charge on any atom is -0.383 e. The summed E-state index contributed by atoms with van der Waals surface area (Å²) in [6.07, 6.45) is 5.15. The van der Waals surface area contributed by atoms with Crippen LogP contribution in [0.2, 0.25) is 0 Å². The maximum atomic E-state index is 11.4. The highest BCUT2D eigenvalue weighted by molar-refractivity contribution is 5.83. The SMILES string of the molecule is COCCNC(=O)CCNC1=NCCCCC1. The highest BCUT2D eigenvalue weighted by Gasteiger charge is 2.05. The molecule has 2 N–H and O–H groups in total. The molecule has 1 aliphatic rings. The minimum atomic E-state index is 0.0590. The fraction of sp³-hybridized carbons (Fsp3) is 0.833. The molecule has 0 unspecified atom stereocenters. The Morgan fingerprint density at radius 1 is 1.35 bits per heavy atom. The number of carbonyl (C=O) groups is 1. The van der Waals surface area contributed by atoms with Gasteiger partial charge in [0.05, 0.1) is 12.4 Å². The van der Waals surface area contributed by atoms with Crippen molar-refractivity contribution < 1.29 is 9.53 Å². The van der Waals surface area contributed by atoms with Crippen LogP contribution < -0.4 is 10.6 Å². The Morgan fingerprint density at radius 3 is 3.06 bits per heavy atom. The van der Waals surface area contributed by atoms with Crippen LogP contribution in [0.3, 0.4) is 0 Å². The molecule has 0 aromatic rings. The fourth-order valence-corrected chi connectivity index (χ4v) is 1.72. The van der Waals surface area contributed by atoms with Gasteiger partial charge in [0.2, 0.25) is 5.91 Å². The van der Waals surface area contributed by atoms with Crippen LogP contribution in [0.5, 0.6) is 0 Å². The van der Waals surface area contributed by atoms with E-state index in [4.69, 9.17) is 4.74 Å². The molecule has 0 fully saturated rings. The first-order valence-corrected chi connectivity index (χ1v) is 6.36. The Labute approximate surface area is 103 Å². The number of nitrogens with zero attached hydrogens (tertiary/aromatic N) is 1. The minimum absolute atomic E-state index is 0.0590. The molecule has 5 heteroatoms. The second-order valence-electron chi connectivity index (χ2n) is 4.16. The standard InChI is InChI=1S/C12H23N3O2/c1-17-10-9-15-12(16)6-8-14-11-5-3-2-4-7-13-11/h2-10H2,1H3,(H,13,14)(H,15,16). The van der Waals surface area contributed by atoms with E-state index in [1.807, 2.05) is 0 Å². The quantitative estimate of drug-likeness (QED) is 0.673. The maximum Gasteiger partial charge on any atom is 0.221 e. The van der Waals surface area contributed by atoms with Crippen molar-refractivity contribution in [2.24, 2.45) is 4.99 Å². The second kappa shape index (κ2) is 8.98. The summed E-state index contributed by atoms with van der Waals surface area (Å²) in [5, 5.41) is 6.03. The van der Waals surface area contributed by atoms with Gasteiger partial charge in [-0.05, 0) is 12.8 Å². The van der Waals surface area contributed by atoms with E-state index >= 15 is 0 Å². The molecule has 0 bridgehead atoms. The number of nitrogens with one attached hydrogen (secondary N) is 2. The normalized spacial score (nSPS) is 15.9. The molecule has 1 amide bonds. The van der Waals surface area contributed by atoms with Crippen molar-refractivity contribution in [3.05, 3.63) is 0 Å². The Balaban J connectivity index is 2.05. The van der Waals surface area contributed by atoms with Crippen molar-refractivity contribution in [1.82, 2.24) is 10.6 Å². The van der Waals surface area contributed by atoms with E-state index in [1.54, 1.807) is 7.11 Å². The first-order valence-electron chi connectivity index (χ1n) is 6.36. The van der Waals surface area contributed by atoms with Crippen LogP contribution >= 0.6 is 0 Å². The van der Waals surface area contributed by atoms with Crippen LogP contribution in [0.4, 0.5) is 0 Å². The first-order chi connectivity index (χ1) is 8.33. The Kier molecular flexibility index (Phi) is 7.38. The van der Waals surface area contributed by atoms with E-state index in [1.165, 1.54) is 19.3 Å². The molecule has 0 saturated carbocycles. The molecular weight excluding hydrogens is 218 g/mol. The monoisotopic (exact) mass is 241 g/mol. The van der Waals surface area contributed by atoms with E-state index in [-0.39, 0.29) is 5.91 Å². The zero-order valence-electron chi connectivity index (χ0n) is 10.6. The average molecular weight is 241 g/mol. The predicted octanol–water partition coefficient (Wildman–Crippen LogP) is 0.701. The van der Waals surface area contributed by atoms with Crippen molar-refractivity contribution in [2.45, 2.75) is 32.1 Å². The fourth-order valence-electron chi connectivity index (χ4n) is 1.72. The molecule has 1 rings (SSSR count). The summed E-state index contributed by atoms with van der Waals surface area (Å²) < 4.78 is 4.86. The van der Waals surface area contributed by atoms with E-state index in [9.17, 15) is 4.79 Å². The first kappa shape index (κ1) is 14.0. The third kappa shape index (κ3) is 6.94. The summed E-state index contributed by atoms with van der Waals surface area (Å²) in [6.45, 7) is 2.72. The van der Waals surface area contributed by atoms with Gasteiger partial charge in [-0.3, -0.25) is 9.79 Å². The molecule has 0 aromatic heterocycles. The van der Waals surface area contributed by atoms with Gasteiger partial charge in [-0.15, -0.1) is 0 Å². The van der Waals surface area contributed by atoms with Gasteiger partial charge in [-0.1, -0.05) is 6.42 Å². The highest BCUT2D eigenvalue weighted by Crippen LogP contribution is 2.05. The number of carbonyl (C=O) groups excluding carboxylic acids is 1. The van der Waals surface area contributed by atoms with E-state index in [0.29, 0.717) is 26.1 Å². The molecule has 1 aliphatic heterocycles. The number of hydrogen-bond acceptors (Lipinski definition) is 4. The lowest BCUT2D eigenvalue weighted by Crippen LogP contribution is -2.32. The highest BCUT2D eigenvalue weighted by atomic mass is 16.5.